The molecule has 6 heteroatoms. The van der Waals surface area contributed by atoms with Crippen LogP contribution in [0.2, 0.25) is 0 Å². The van der Waals surface area contributed by atoms with Gasteiger partial charge in [-0.15, -0.1) is 0 Å². The van der Waals surface area contributed by atoms with Crippen LogP contribution in [0.15, 0.2) is 29.1 Å². The van der Waals surface area contributed by atoms with Crippen LogP contribution >= 0.6 is 0 Å². The van der Waals surface area contributed by atoms with Gasteiger partial charge in [0, 0.05) is 0 Å². The second-order valence-corrected chi connectivity index (χ2v) is 6.75. The van der Waals surface area contributed by atoms with Crippen molar-refractivity contribution >= 4 is 16.9 Å². The molecule has 0 aliphatic carbocycles. The number of amides is 1. The molecule has 1 heterocycles. The number of aliphatic hydroxyl groups is 1. The number of nitrogens with one attached hydrogen (secondary N) is 2. The van der Waals surface area contributed by atoms with Crippen LogP contribution in [-0.2, 0) is 11.3 Å². The molecule has 0 bridgehead atoms. The maximum Gasteiger partial charge on any atom is 0.326 e. The largest absolute Gasteiger partial charge is 0.394 e. The van der Waals surface area contributed by atoms with Crippen molar-refractivity contribution in [2.24, 2.45) is 5.41 Å². The minimum absolute atomic E-state index is 0.00169. The van der Waals surface area contributed by atoms with Crippen LogP contribution in [-0.4, -0.2) is 33.2 Å². The highest BCUT2D eigenvalue weighted by Gasteiger charge is 2.20. The fourth-order valence-corrected chi connectivity index (χ4v) is 2.58. The van der Waals surface area contributed by atoms with Gasteiger partial charge in [-0.25, -0.2) is 4.79 Å². The molecule has 0 aliphatic heterocycles. The molecule has 3 N–H and O–H groups in total. The average molecular weight is 305 g/mol. The van der Waals surface area contributed by atoms with Gasteiger partial charge >= 0.3 is 5.69 Å². The molecule has 0 aliphatic rings. The third-order valence-electron chi connectivity index (χ3n) is 3.43. The van der Waals surface area contributed by atoms with E-state index in [1.54, 1.807) is 12.1 Å². The summed E-state index contributed by atoms with van der Waals surface area (Å²) in [5, 5.41) is 12.2. The molecule has 0 spiro atoms. The van der Waals surface area contributed by atoms with E-state index >= 15 is 0 Å². The molecular formula is C16H23N3O3. The van der Waals surface area contributed by atoms with Gasteiger partial charge in [-0.3, -0.25) is 9.36 Å². The maximum absolute atomic E-state index is 12.2. The maximum atomic E-state index is 12.2. The lowest BCUT2D eigenvalue weighted by Crippen LogP contribution is -2.42. The first kappa shape index (κ1) is 16.3. The fraction of sp³-hybridized carbons (Fsp3) is 0.500. The first-order valence-electron chi connectivity index (χ1n) is 7.38. The number of H-pyrrole nitrogens is 1. The number of aromatic amines is 1. The van der Waals surface area contributed by atoms with Gasteiger partial charge in [0.25, 0.3) is 0 Å². The Balaban J connectivity index is 2.11. The lowest BCUT2D eigenvalue weighted by molar-refractivity contribution is -0.122. The van der Waals surface area contributed by atoms with Gasteiger partial charge in [-0.1, -0.05) is 32.9 Å². The number of hydrogen-bond donors (Lipinski definition) is 3. The molecule has 2 aromatic rings. The molecule has 0 radical (unpaired) electrons. The number of aliphatic hydroxyl groups excluding tert-OH is 1. The van der Waals surface area contributed by atoms with Crippen molar-refractivity contribution in [1.29, 1.82) is 0 Å². The number of hydrogen-bond acceptors (Lipinski definition) is 3. The summed E-state index contributed by atoms with van der Waals surface area (Å²) in [6, 6.07) is 6.92. The van der Waals surface area contributed by atoms with Crippen LogP contribution < -0.4 is 11.0 Å². The Bertz CT molecular complexity index is 709. The van der Waals surface area contributed by atoms with Gasteiger partial charge < -0.3 is 15.4 Å². The molecule has 1 amide bonds. The number of benzene rings is 1. The predicted octanol–water partition coefficient (Wildman–Crippen LogP) is 1.24. The summed E-state index contributed by atoms with van der Waals surface area (Å²) in [7, 11) is 0. The zero-order valence-electron chi connectivity index (χ0n) is 13.2. The molecule has 1 aromatic heterocycles. The van der Waals surface area contributed by atoms with E-state index in [1.807, 2.05) is 32.9 Å². The molecule has 22 heavy (non-hydrogen) atoms. The number of rotatable bonds is 5. The van der Waals surface area contributed by atoms with E-state index in [2.05, 4.69) is 10.3 Å². The number of carbonyl (C=O) groups is 1. The summed E-state index contributed by atoms with van der Waals surface area (Å²) in [6.45, 7) is 5.96. The Morgan fingerprint density at radius 2 is 2.05 bits per heavy atom. The van der Waals surface area contributed by atoms with Crippen LogP contribution in [0.25, 0.3) is 11.0 Å². The molecule has 1 atom stereocenters. The molecule has 0 fully saturated rings. The number of aromatic nitrogens is 2. The average Bonchev–Trinajstić information content (AvgIpc) is 2.73. The smallest absolute Gasteiger partial charge is 0.326 e. The zero-order valence-corrected chi connectivity index (χ0v) is 13.2. The molecule has 1 unspecified atom stereocenters. The fourth-order valence-electron chi connectivity index (χ4n) is 2.58. The van der Waals surface area contributed by atoms with Gasteiger partial charge in [-0.05, 0) is 24.0 Å². The van der Waals surface area contributed by atoms with Crippen molar-refractivity contribution in [2.45, 2.75) is 39.8 Å². The van der Waals surface area contributed by atoms with Crippen molar-refractivity contribution in [1.82, 2.24) is 14.9 Å². The standard InChI is InChI=1S/C16H23N3O3/c1-16(2,3)8-11(10-20)17-14(21)9-19-13-7-5-4-6-12(13)18-15(19)22/h4-7,11,20H,8-10H2,1-3H3,(H,17,21)(H,18,22). The summed E-state index contributed by atoms with van der Waals surface area (Å²) in [5.41, 5.74) is 1.08. The Morgan fingerprint density at radius 1 is 1.36 bits per heavy atom. The first-order valence-corrected chi connectivity index (χ1v) is 7.38. The monoisotopic (exact) mass is 305 g/mol. The van der Waals surface area contributed by atoms with E-state index in [9.17, 15) is 14.7 Å². The number of nitrogens with zero attached hydrogens (tertiary/aromatic N) is 1. The quantitative estimate of drug-likeness (QED) is 0.777. The summed E-state index contributed by atoms with van der Waals surface area (Å²) in [5.74, 6) is -0.282. The SMILES string of the molecule is CC(C)(C)CC(CO)NC(=O)Cn1c(=O)[nH]c2ccccc21. The summed E-state index contributed by atoms with van der Waals surface area (Å²) in [6.07, 6.45) is 0.665. The molecule has 0 saturated carbocycles. The predicted molar refractivity (Wildman–Crippen MR) is 85.6 cm³/mol. The van der Waals surface area contributed by atoms with Gasteiger partial charge in [0.05, 0.1) is 23.7 Å². The summed E-state index contributed by atoms with van der Waals surface area (Å²) >= 11 is 0. The topological polar surface area (TPSA) is 87.1 Å². The van der Waals surface area contributed by atoms with Crippen molar-refractivity contribution < 1.29 is 9.90 Å². The van der Waals surface area contributed by atoms with Gasteiger partial charge in [-0.2, -0.15) is 0 Å². The molecule has 120 valence electrons. The second kappa shape index (κ2) is 6.36. The van der Waals surface area contributed by atoms with E-state index in [0.29, 0.717) is 17.5 Å². The second-order valence-electron chi connectivity index (χ2n) is 6.75. The Kier molecular flexibility index (Phi) is 4.71. The zero-order chi connectivity index (χ0) is 16.3. The van der Waals surface area contributed by atoms with Gasteiger partial charge in [0.15, 0.2) is 0 Å². The van der Waals surface area contributed by atoms with Crippen LogP contribution in [0, 0.1) is 5.41 Å². The third-order valence-corrected chi connectivity index (χ3v) is 3.43. The summed E-state index contributed by atoms with van der Waals surface area (Å²) < 4.78 is 1.40. The highest BCUT2D eigenvalue weighted by Crippen LogP contribution is 2.20. The lowest BCUT2D eigenvalue weighted by Gasteiger charge is -2.25. The summed E-state index contributed by atoms with van der Waals surface area (Å²) in [4.78, 5) is 26.8. The molecule has 6 nitrogen and oxygen atoms in total. The van der Waals surface area contributed by atoms with E-state index in [0.717, 1.165) is 0 Å². The van der Waals surface area contributed by atoms with E-state index in [1.165, 1.54) is 4.57 Å². The third kappa shape index (κ3) is 3.98. The molecule has 1 aromatic carbocycles. The highest BCUT2D eigenvalue weighted by atomic mass is 16.3. The van der Waals surface area contributed by atoms with Crippen LogP contribution in [0.1, 0.15) is 27.2 Å². The van der Waals surface area contributed by atoms with Crippen LogP contribution in [0.5, 0.6) is 0 Å². The van der Waals surface area contributed by atoms with Crippen LogP contribution in [0.3, 0.4) is 0 Å². The van der Waals surface area contributed by atoms with Crippen molar-refractivity contribution in [3.8, 4) is 0 Å². The van der Waals surface area contributed by atoms with E-state index in [-0.39, 0.29) is 36.2 Å². The van der Waals surface area contributed by atoms with Crippen molar-refractivity contribution in [2.75, 3.05) is 6.61 Å². The Morgan fingerprint density at radius 3 is 2.68 bits per heavy atom. The van der Waals surface area contributed by atoms with Crippen LogP contribution in [0.4, 0.5) is 0 Å². The van der Waals surface area contributed by atoms with Gasteiger partial charge in [0.2, 0.25) is 5.91 Å². The molecule has 0 saturated heterocycles. The minimum atomic E-state index is -0.312. The van der Waals surface area contributed by atoms with Crippen molar-refractivity contribution in [3.63, 3.8) is 0 Å². The van der Waals surface area contributed by atoms with Gasteiger partial charge in [0.1, 0.15) is 6.54 Å². The number of carbonyl (C=O) groups excluding carboxylic acids is 1. The number of fused-ring (bicyclic) bond motifs is 1. The Hall–Kier alpha value is -2.08. The number of para-hydroxylation sites is 2. The Labute approximate surface area is 129 Å². The van der Waals surface area contributed by atoms with Crippen molar-refractivity contribution in [3.05, 3.63) is 34.7 Å². The highest BCUT2D eigenvalue weighted by molar-refractivity contribution is 5.80. The van der Waals surface area contributed by atoms with E-state index < -0.39 is 0 Å². The van der Waals surface area contributed by atoms with E-state index in [4.69, 9.17) is 0 Å². The minimum Gasteiger partial charge on any atom is -0.394 e. The normalized spacial score (nSPS) is 13.3. The molecular weight excluding hydrogens is 282 g/mol. The lowest BCUT2D eigenvalue weighted by atomic mass is 9.88. The number of imidazole rings is 1. The first-order chi connectivity index (χ1) is 10.3. The molecule has 2 rings (SSSR count).